The highest BCUT2D eigenvalue weighted by Crippen LogP contribution is 2.18. The zero-order chi connectivity index (χ0) is 13.1. The van der Waals surface area contributed by atoms with Crippen molar-refractivity contribution >= 4 is 22.8 Å². The van der Waals surface area contributed by atoms with Gasteiger partial charge in [0, 0.05) is 12.1 Å². The monoisotopic (exact) mass is 262 g/mol. The number of carbonyl (C=O) groups excluding carboxylic acids is 1. The summed E-state index contributed by atoms with van der Waals surface area (Å²) in [6.45, 7) is 7.53. The van der Waals surface area contributed by atoms with Gasteiger partial charge in [-0.1, -0.05) is 35.9 Å². The molecule has 18 heavy (non-hydrogen) atoms. The van der Waals surface area contributed by atoms with Gasteiger partial charge in [0.25, 0.3) is 5.91 Å². The number of hydrogen-bond donors (Lipinski definition) is 0. The second-order valence-corrected chi connectivity index (χ2v) is 5.66. The van der Waals surface area contributed by atoms with Crippen LogP contribution in [-0.4, -0.2) is 34.8 Å². The van der Waals surface area contributed by atoms with E-state index in [9.17, 15) is 4.79 Å². The van der Waals surface area contributed by atoms with Crippen molar-refractivity contribution in [2.45, 2.75) is 20.8 Å². The van der Waals surface area contributed by atoms with Gasteiger partial charge in [-0.3, -0.25) is 14.7 Å². The molecule has 0 N–H and O–H groups in total. The van der Waals surface area contributed by atoms with E-state index in [1.807, 2.05) is 26.0 Å². The summed E-state index contributed by atoms with van der Waals surface area (Å²) in [6.07, 6.45) is 0. The molecule has 1 aliphatic rings. The Hall–Kier alpha value is -1.29. The number of amidine groups is 1. The lowest BCUT2D eigenvalue weighted by Gasteiger charge is -2.18. The van der Waals surface area contributed by atoms with Crippen LogP contribution in [0, 0.1) is 13.8 Å². The van der Waals surface area contributed by atoms with Crippen molar-refractivity contribution in [2.24, 2.45) is 4.99 Å². The maximum absolute atomic E-state index is 12.5. The van der Waals surface area contributed by atoms with Gasteiger partial charge < -0.3 is 0 Å². The number of amides is 1. The van der Waals surface area contributed by atoms with Crippen molar-refractivity contribution in [3.8, 4) is 0 Å². The summed E-state index contributed by atoms with van der Waals surface area (Å²) in [4.78, 5) is 18.6. The molecule has 0 saturated carbocycles. The number of aliphatic imine (C=N–C) groups is 1. The van der Waals surface area contributed by atoms with Crippen molar-refractivity contribution in [3.63, 3.8) is 0 Å². The van der Waals surface area contributed by atoms with Crippen molar-refractivity contribution in [3.05, 3.63) is 34.9 Å². The summed E-state index contributed by atoms with van der Waals surface area (Å²) in [5, 5.41) is 0.863. The van der Waals surface area contributed by atoms with Crippen molar-refractivity contribution in [2.75, 3.05) is 18.8 Å². The van der Waals surface area contributed by atoms with Gasteiger partial charge >= 0.3 is 0 Å². The minimum atomic E-state index is 0.0685. The van der Waals surface area contributed by atoms with Gasteiger partial charge in [-0.05, 0) is 31.7 Å². The number of carbonyl (C=O) groups is 1. The summed E-state index contributed by atoms with van der Waals surface area (Å²) in [7, 11) is 0. The second-order valence-electron chi connectivity index (χ2n) is 4.43. The minimum Gasteiger partial charge on any atom is -0.286 e. The van der Waals surface area contributed by atoms with Gasteiger partial charge in [-0.2, -0.15) is 0 Å². The van der Waals surface area contributed by atoms with E-state index in [0.717, 1.165) is 34.2 Å². The maximum atomic E-state index is 12.5. The predicted molar refractivity (Wildman–Crippen MR) is 77.4 cm³/mol. The van der Waals surface area contributed by atoms with E-state index < -0.39 is 0 Å². The molecule has 4 heteroatoms. The van der Waals surface area contributed by atoms with Gasteiger partial charge in [0.05, 0.1) is 6.54 Å². The van der Waals surface area contributed by atoms with Crippen LogP contribution in [-0.2, 0) is 0 Å². The number of nitrogens with zero attached hydrogens (tertiary/aromatic N) is 2. The molecule has 3 nitrogen and oxygen atoms in total. The number of hydrogen-bond acceptors (Lipinski definition) is 3. The van der Waals surface area contributed by atoms with Crippen LogP contribution in [0.4, 0.5) is 0 Å². The van der Waals surface area contributed by atoms with Gasteiger partial charge in [-0.25, -0.2) is 0 Å². The zero-order valence-corrected chi connectivity index (χ0v) is 11.9. The minimum absolute atomic E-state index is 0.0685. The smallest absolute Gasteiger partial charge is 0.259 e. The van der Waals surface area contributed by atoms with Crippen LogP contribution >= 0.6 is 11.8 Å². The standard InChI is InChI=1S/C14H18N2OS/c1-4-18-14-15-5-6-16(14)13(17)12-8-10(2)7-11(3)9-12/h7-9H,4-6H2,1-3H3. The highest BCUT2D eigenvalue weighted by molar-refractivity contribution is 8.13. The van der Waals surface area contributed by atoms with E-state index in [0.29, 0.717) is 6.54 Å². The normalized spacial score (nSPS) is 14.8. The quantitative estimate of drug-likeness (QED) is 0.821. The van der Waals surface area contributed by atoms with Gasteiger partial charge in [0.1, 0.15) is 0 Å². The highest BCUT2D eigenvalue weighted by atomic mass is 32.2. The summed E-state index contributed by atoms with van der Waals surface area (Å²) >= 11 is 1.63. The van der Waals surface area contributed by atoms with Crippen LogP contribution in [0.5, 0.6) is 0 Å². The SMILES string of the molecule is CCSC1=NCCN1C(=O)c1cc(C)cc(C)c1. The van der Waals surface area contributed by atoms with E-state index in [2.05, 4.69) is 18.0 Å². The fourth-order valence-corrected chi connectivity index (χ4v) is 2.89. The van der Waals surface area contributed by atoms with Crippen LogP contribution in [0.15, 0.2) is 23.2 Å². The van der Waals surface area contributed by atoms with Crippen LogP contribution in [0.3, 0.4) is 0 Å². The lowest BCUT2D eigenvalue weighted by Crippen LogP contribution is -2.33. The summed E-state index contributed by atoms with van der Waals surface area (Å²) in [6, 6.07) is 5.97. The lowest BCUT2D eigenvalue weighted by atomic mass is 10.1. The molecule has 0 fully saturated rings. The van der Waals surface area contributed by atoms with Crippen LogP contribution in [0.25, 0.3) is 0 Å². The Kier molecular flexibility index (Phi) is 4.07. The molecule has 96 valence electrons. The van der Waals surface area contributed by atoms with E-state index in [-0.39, 0.29) is 5.91 Å². The van der Waals surface area contributed by atoms with Crippen LogP contribution in [0.1, 0.15) is 28.4 Å². The summed E-state index contributed by atoms with van der Waals surface area (Å²) in [5.74, 6) is 1.01. The molecule has 0 unspecified atom stereocenters. The average molecular weight is 262 g/mol. The lowest BCUT2D eigenvalue weighted by molar-refractivity contribution is 0.0860. The Morgan fingerprint density at radius 3 is 2.61 bits per heavy atom. The topological polar surface area (TPSA) is 32.7 Å². The number of rotatable bonds is 2. The third kappa shape index (κ3) is 2.75. The molecule has 0 bridgehead atoms. The first-order chi connectivity index (χ1) is 8.61. The number of aryl methyl sites for hydroxylation is 2. The molecule has 1 aliphatic heterocycles. The van der Waals surface area contributed by atoms with Gasteiger partial charge in [0.15, 0.2) is 5.17 Å². The Morgan fingerprint density at radius 1 is 1.33 bits per heavy atom. The highest BCUT2D eigenvalue weighted by Gasteiger charge is 2.24. The van der Waals surface area contributed by atoms with E-state index >= 15 is 0 Å². The molecule has 0 aliphatic carbocycles. The fourth-order valence-electron chi connectivity index (χ4n) is 2.12. The molecule has 0 spiro atoms. The summed E-state index contributed by atoms with van der Waals surface area (Å²) < 4.78 is 0. The zero-order valence-electron chi connectivity index (χ0n) is 11.1. The molecule has 0 saturated heterocycles. The van der Waals surface area contributed by atoms with Crippen molar-refractivity contribution < 1.29 is 4.79 Å². The summed E-state index contributed by atoms with van der Waals surface area (Å²) in [5.41, 5.74) is 3.01. The first-order valence-electron chi connectivity index (χ1n) is 6.19. The Balaban J connectivity index is 2.23. The number of thioether (sulfide) groups is 1. The van der Waals surface area contributed by atoms with E-state index in [1.54, 1.807) is 16.7 Å². The Bertz CT molecular complexity index is 476. The molecule has 1 heterocycles. The third-order valence-corrected chi connectivity index (χ3v) is 3.69. The molecule has 1 aromatic carbocycles. The largest absolute Gasteiger partial charge is 0.286 e. The fraction of sp³-hybridized carbons (Fsp3) is 0.429. The molecular weight excluding hydrogens is 244 g/mol. The number of benzene rings is 1. The van der Waals surface area contributed by atoms with E-state index in [1.165, 1.54) is 0 Å². The van der Waals surface area contributed by atoms with Crippen LogP contribution < -0.4 is 0 Å². The maximum Gasteiger partial charge on any atom is 0.259 e. The molecule has 0 atom stereocenters. The predicted octanol–water partition coefficient (Wildman–Crippen LogP) is 2.87. The third-order valence-electron chi connectivity index (χ3n) is 2.79. The molecule has 2 rings (SSSR count). The first-order valence-corrected chi connectivity index (χ1v) is 7.17. The molecule has 1 amide bonds. The van der Waals surface area contributed by atoms with E-state index in [4.69, 9.17) is 0 Å². The molecule has 0 radical (unpaired) electrons. The van der Waals surface area contributed by atoms with Crippen molar-refractivity contribution in [1.29, 1.82) is 0 Å². The second kappa shape index (κ2) is 5.57. The molecule has 0 aromatic heterocycles. The van der Waals surface area contributed by atoms with Crippen LogP contribution in [0.2, 0.25) is 0 Å². The Morgan fingerprint density at radius 2 is 2.00 bits per heavy atom. The Labute approximate surface area is 112 Å². The average Bonchev–Trinajstić information content (AvgIpc) is 2.75. The molecular formula is C14H18N2OS. The molecule has 1 aromatic rings. The van der Waals surface area contributed by atoms with Crippen molar-refractivity contribution in [1.82, 2.24) is 4.90 Å². The van der Waals surface area contributed by atoms with Gasteiger partial charge in [0.2, 0.25) is 0 Å². The van der Waals surface area contributed by atoms with Gasteiger partial charge in [-0.15, -0.1) is 0 Å². The first kappa shape index (κ1) is 13.1.